The van der Waals surface area contributed by atoms with E-state index in [9.17, 15) is 14.4 Å². The van der Waals surface area contributed by atoms with Crippen molar-refractivity contribution < 1.29 is 32.7 Å². The summed E-state index contributed by atoms with van der Waals surface area (Å²) in [6.45, 7) is 0.978. The normalized spacial score (nSPS) is 18.9. The van der Waals surface area contributed by atoms with Crippen LogP contribution in [0.2, 0.25) is 0 Å². The molecule has 10 nitrogen and oxygen atoms in total. The van der Waals surface area contributed by atoms with Gasteiger partial charge in [-0.1, -0.05) is 0 Å². The lowest BCUT2D eigenvalue weighted by Gasteiger charge is -2.44. The van der Waals surface area contributed by atoms with Gasteiger partial charge in [-0.2, -0.15) is 0 Å². The number of carbonyl (C=O) groups is 3. The molecule has 4 heterocycles. The second kappa shape index (κ2) is 9.90. The van der Waals surface area contributed by atoms with E-state index in [2.05, 4.69) is 5.32 Å². The van der Waals surface area contributed by atoms with Gasteiger partial charge in [0.15, 0.2) is 5.76 Å². The van der Waals surface area contributed by atoms with Crippen molar-refractivity contribution in [1.29, 1.82) is 0 Å². The monoisotopic (exact) mass is 493 g/mol. The number of nitrogens with one attached hydrogen (secondary N) is 1. The predicted octanol–water partition coefficient (Wildman–Crippen LogP) is 2.67. The number of nitrogens with zero attached hydrogens (tertiary/aromatic N) is 2. The highest BCUT2D eigenvalue weighted by molar-refractivity contribution is 5.97. The number of amides is 3. The Morgan fingerprint density at radius 3 is 2.36 bits per heavy atom. The smallest absolute Gasteiger partial charge is 0.292 e. The first kappa shape index (κ1) is 23.7. The van der Waals surface area contributed by atoms with Crippen LogP contribution in [0.25, 0.3) is 0 Å². The summed E-state index contributed by atoms with van der Waals surface area (Å²) in [5.41, 5.74) is -0.467. The molecule has 1 atom stereocenters. The number of likely N-dealkylation sites (tertiary alicyclic amines) is 1. The molecule has 36 heavy (non-hydrogen) atoms. The van der Waals surface area contributed by atoms with Gasteiger partial charge in [-0.15, -0.1) is 0 Å². The van der Waals surface area contributed by atoms with Gasteiger partial charge in [0.1, 0.15) is 23.3 Å². The molecule has 1 N–H and O–H groups in total. The Labute approximate surface area is 207 Å². The number of rotatable bonds is 6. The van der Waals surface area contributed by atoms with Crippen LogP contribution in [0.3, 0.4) is 0 Å². The Morgan fingerprint density at radius 2 is 1.72 bits per heavy atom. The van der Waals surface area contributed by atoms with E-state index >= 15 is 0 Å². The highest BCUT2D eigenvalue weighted by Crippen LogP contribution is 2.39. The standard InChI is InChI=1S/C26H27N3O7/c1-33-19-8-6-18(7-9-19)24(31)28-12-10-26(11-13-28)29(25(32)22-5-3-15-35-22)21(17-36-26)23(30)27-16-20-4-2-14-34-20/h2-9,14-15,21H,10-13,16-17H2,1H3,(H,27,30). The van der Waals surface area contributed by atoms with Crippen molar-refractivity contribution in [2.45, 2.75) is 31.2 Å². The quantitative estimate of drug-likeness (QED) is 0.562. The van der Waals surface area contributed by atoms with E-state index in [1.807, 2.05) is 0 Å². The zero-order chi connectivity index (χ0) is 25.1. The van der Waals surface area contributed by atoms with Gasteiger partial charge in [-0.3, -0.25) is 19.3 Å². The molecule has 3 amide bonds. The minimum atomic E-state index is -1.02. The fraction of sp³-hybridized carbons (Fsp3) is 0.346. The molecule has 10 heteroatoms. The zero-order valence-corrected chi connectivity index (χ0v) is 19.8. The van der Waals surface area contributed by atoms with Gasteiger partial charge in [-0.25, -0.2) is 0 Å². The largest absolute Gasteiger partial charge is 0.497 e. The van der Waals surface area contributed by atoms with Gasteiger partial charge in [0, 0.05) is 31.5 Å². The first-order valence-corrected chi connectivity index (χ1v) is 11.8. The van der Waals surface area contributed by atoms with Crippen LogP contribution in [-0.4, -0.2) is 66.1 Å². The number of carbonyl (C=O) groups excluding carboxylic acids is 3. The van der Waals surface area contributed by atoms with Crippen molar-refractivity contribution >= 4 is 17.7 Å². The molecule has 2 saturated heterocycles. The van der Waals surface area contributed by atoms with Crippen LogP contribution in [-0.2, 0) is 16.1 Å². The number of hydrogen-bond acceptors (Lipinski definition) is 7. The van der Waals surface area contributed by atoms with Crippen molar-refractivity contribution in [2.24, 2.45) is 0 Å². The second-order valence-electron chi connectivity index (χ2n) is 8.74. The van der Waals surface area contributed by atoms with Crippen molar-refractivity contribution in [3.05, 3.63) is 78.1 Å². The van der Waals surface area contributed by atoms with E-state index in [-0.39, 0.29) is 30.7 Å². The van der Waals surface area contributed by atoms with E-state index < -0.39 is 17.7 Å². The van der Waals surface area contributed by atoms with Crippen molar-refractivity contribution in [2.75, 3.05) is 26.8 Å². The first-order chi connectivity index (χ1) is 17.5. The lowest BCUT2D eigenvalue weighted by atomic mass is 9.96. The molecule has 2 aliphatic rings. The molecule has 2 aromatic heterocycles. The average Bonchev–Trinajstić information content (AvgIpc) is 3.69. The molecule has 0 bridgehead atoms. The van der Waals surface area contributed by atoms with Crippen molar-refractivity contribution in [3.63, 3.8) is 0 Å². The number of methoxy groups -OCH3 is 1. The number of furan rings is 2. The summed E-state index contributed by atoms with van der Waals surface area (Å²) in [6, 6.07) is 12.8. The Kier molecular flexibility index (Phi) is 6.51. The van der Waals surface area contributed by atoms with Crippen LogP contribution in [0, 0.1) is 0 Å². The topological polar surface area (TPSA) is 114 Å². The lowest BCUT2D eigenvalue weighted by molar-refractivity contribution is -0.128. The molecule has 2 fully saturated rings. The molecule has 1 aromatic carbocycles. The Bertz CT molecular complexity index is 1200. The Hall–Kier alpha value is -4.05. The second-order valence-corrected chi connectivity index (χ2v) is 8.74. The summed E-state index contributed by atoms with van der Waals surface area (Å²) in [6.07, 6.45) is 3.68. The average molecular weight is 494 g/mol. The molecular formula is C26H27N3O7. The van der Waals surface area contributed by atoms with Gasteiger partial charge in [0.05, 0.1) is 32.8 Å². The minimum absolute atomic E-state index is 0.0445. The van der Waals surface area contributed by atoms with Gasteiger partial charge in [0.25, 0.3) is 11.8 Å². The molecule has 2 aliphatic heterocycles. The van der Waals surface area contributed by atoms with E-state index in [1.54, 1.807) is 60.5 Å². The summed E-state index contributed by atoms with van der Waals surface area (Å²) in [4.78, 5) is 42.9. The zero-order valence-electron chi connectivity index (χ0n) is 19.8. The van der Waals surface area contributed by atoms with Crippen LogP contribution in [0.1, 0.15) is 39.5 Å². The number of benzene rings is 1. The van der Waals surface area contributed by atoms with Gasteiger partial charge in [0.2, 0.25) is 5.91 Å². The molecule has 0 radical (unpaired) electrons. The molecule has 0 aliphatic carbocycles. The first-order valence-electron chi connectivity index (χ1n) is 11.8. The highest BCUT2D eigenvalue weighted by Gasteiger charge is 2.54. The molecule has 1 unspecified atom stereocenters. The predicted molar refractivity (Wildman–Crippen MR) is 126 cm³/mol. The van der Waals surface area contributed by atoms with Crippen LogP contribution in [0.5, 0.6) is 5.75 Å². The summed E-state index contributed by atoms with van der Waals surface area (Å²) in [5.74, 6) is 0.520. The van der Waals surface area contributed by atoms with Crippen molar-refractivity contribution in [1.82, 2.24) is 15.1 Å². The summed E-state index contributed by atoms with van der Waals surface area (Å²) >= 11 is 0. The third kappa shape index (κ3) is 4.47. The lowest BCUT2D eigenvalue weighted by Crippen LogP contribution is -2.59. The third-order valence-corrected chi connectivity index (χ3v) is 6.70. The fourth-order valence-electron chi connectivity index (χ4n) is 4.77. The van der Waals surface area contributed by atoms with Gasteiger partial charge >= 0.3 is 0 Å². The number of ether oxygens (including phenoxy) is 2. The summed E-state index contributed by atoms with van der Waals surface area (Å²) in [7, 11) is 1.57. The molecule has 0 saturated carbocycles. The molecule has 188 valence electrons. The maximum absolute atomic E-state index is 13.5. The van der Waals surface area contributed by atoms with Gasteiger partial charge in [-0.05, 0) is 48.5 Å². The Morgan fingerprint density at radius 1 is 1.00 bits per heavy atom. The van der Waals surface area contributed by atoms with Crippen molar-refractivity contribution in [3.8, 4) is 5.75 Å². The highest BCUT2D eigenvalue weighted by atomic mass is 16.5. The molecule has 3 aromatic rings. The number of piperidine rings is 1. The van der Waals surface area contributed by atoms with Crippen LogP contribution in [0.15, 0.2) is 69.9 Å². The third-order valence-electron chi connectivity index (χ3n) is 6.70. The number of hydrogen-bond donors (Lipinski definition) is 1. The summed E-state index contributed by atoms with van der Waals surface area (Å²) in [5, 5.41) is 2.83. The van der Waals surface area contributed by atoms with Crippen LogP contribution in [0.4, 0.5) is 0 Å². The van der Waals surface area contributed by atoms with Crippen LogP contribution < -0.4 is 10.1 Å². The molecule has 1 spiro atoms. The SMILES string of the molecule is COc1ccc(C(=O)N2CCC3(CC2)OCC(C(=O)NCc2ccco2)N3C(=O)c2ccco2)cc1. The fourth-order valence-corrected chi connectivity index (χ4v) is 4.77. The molecule has 5 rings (SSSR count). The van der Waals surface area contributed by atoms with Crippen LogP contribution >= 0.6 is 0 Å². The maximum atomic E-state index is 13.5. The van der Waals surface area contributed by atoms with E-state index in [4.69, 9.17) is 18.3 Å². The van der Waals surface area contributed by atoms with E-state index in [0.717, 1.165) is 0 Å². The van der Waals surface area contributed by atoms with E-state index in [1.165, 1.54) is 17.4 Å². The van der Waals surface area contributed by atoms with Gasteiger partial charge < -0.3 is 28.5 Å². The summed E-state index contributed by atoms with van der Waals surface area (Å²) < 4.78 is 22.0. The Balaban J connectivity index is 1.32. The maximum Gasteiger partial charge on any atom is 0.292 e. The molecular weight excluding hydrogens is 466 g/mol. The van der Waals surface area contributed by atoms with E-state index in [0.29, 0.717) is 43.0 Å². The minimum Gasteiger partial charge on any atom is -0.497 e.